The van der Waals surface area contributed by atoms with Gasteiger partial charge in [-0.05, 0) is 32.9 Å². The Hall–Kier alpha value is -0.200. The lowest BCUT2D eigenvalue weighted by Gasteiger charge is -2.35. The van der Waals surface area contributed by atoms with Crippen molar-refractivity contribution in [1.82, 2.24) is 15.1 Å². The summed E-state index contributed by atoms with van der Waals surface area (Å²) in [6, 6.07) is 0. The van der Waals surface area contributed by atoms with Crippen LogP contribution in [0, 0.1) is 0 Å². The SMILES string of the molecule is CNC(O)CN1CCN(CCCCCOC)CC1. The summed E-state index contributed by atoms with van der Waals surface area (Å²) in [5, 5.41) is 12.4. The Morgan fingerprint density at radius 2 is 1.78 bits per heavy atom. The fourth-order valence-corrected chi connectivity index (χ4v) is 2.29. The van der Waals surface area contributed by atoms with Crippen molar-refractivity contribution in [3.05, 3.63) is 0 Å². The zero-order chi connectivity index (χ0) is 13.2. The Kier molecular flexibility index (Phi) is 8.54. The topological polar surface area (TPSA) is 48.0 Å². The minimum absolute atomic E-state index is 0.398. The van der Waals surface area contributed by atoms with Crippen molar-refractivity contribution in [3.8, 4) is 0 Å². The molecule has 108 valence electrons. The van der Waals surface area contributed by atoms with Crippen LogP contribution in [-0.2, 0) is 4.74 Å². The van der Waals surface area contributed by atoms with Gasteiger partial charge < -0.3 is 14.7 Å². The Morgan fingerprint density at radius 3 is 2.39 bits per heavy atom. The largest absolute Gasteiger partial charge is 0.385 e. The lowest BCUT2D eigenvalue weighted by atomic mass is 10.2. The van der Waals surface area contributed by atoms with E-state index in [2.05, 4.69) is 15.1 Å². The van der Waals surface area contributed by atoms with E-state index in [4.69, 9.17) is 4.74 Å². The Balaban J connectivity index is 2.01. The van der Waals surface area contributed by atoms with Gasteiger partial charge in [0.25, 0.3) is 0 Å². The summed E-state index contributed by atoms with van der Waals surface area (Å²) in [7, 11) is 3.56. The molecular weight excluding hydrogens is 230 g/mol. The number of rotatable bonds is 9. The number of aliphatic hydroxyl groups is 1. The molecule has 5 nitrogen and oxygen atoms in total. The standard InChI is InChI=1S/C13H29N3O2/c1-14-13(17)12-16-9-7-15(8-10-16)6-4-3-5-11-18-2/h13-14,17H,3-12H2,1-2H3. The molecule has 2 N–H and O–H groups in total. The second-order valence-electron chi connectivity index (χ2n) is 5.00. The fourth-order valence-electron chi connectivity index (χ4n) is 2.29. The van der Waals surface area contributed by atoms with E-state index in [1.54, 1.807) is 14.2 Å². The summed E-state index contributed by atoms with van der Waals surface area (Å²) in [6.07, 6.45) is 3.30. The first-order valence-corrected chi connectivity index (χ1v) is 7.05. The minimum atomic E-state index is -0.398. The average Bonchev–Trinajstić information content (AvgIpc) is 2.40. The number of methoxy groups -OCH3 is 1. The highest BCUT2D eigenvalue weighted by atomic mass is 16.5. The van der Waals surface area contributed by atoms with Gasteiger partial charge in [-0.15, -0.1) is 0 Å². The molecule has 1 atom stereocenters. The van der Waals surface area contributed by atoms with E-state index in [1.807, 2.05) is 0 Å². The second-order valence-corrected chi connectivity index (χ2v) is 5.00. The monoisotopic (exact) mass is 259 g/mol. The number of hydrogen-bond donors (Lipinski definition) is 2. The summed E-state index contributed by atoms with van der Waals surface area (Å²) in [5.41, 5.74) is 0. The van der Waals surface area contributed by atoms with Crippen molar-refractivity contribution in [2.24, 2.45) is 0 Å². The number of piperazine rings is 1. The smallest absolute Gasteiger partial charge is 0.117 e. The molecule has 0 spiro atoms. The number of ether oxygens (including phenoxy) is 1. The van der Waals surface area contributed by atoms with Crippen LogP contribution >= 0.6 is 0 Å². The van der Waals surface area contributed by atoms with Crippen LogP contribution in [-0.4, -0.2) is 81.2 Å². The maximum absolute atomic E-state index is 9.52. The maximum Gasteiger partial charge on any atom is 0.117 e. The minimum Gasteiger partial charge on any atom is -0.385 e. The molecule has 0 bridgehead atoms. The van der Waals surface area contributed by atoms with Gasteiger partial charge in [-0.25, -0.2) is 0 Å². The number of likely N-dealkylation sites (N-methyl/N-ethyl adjacent to an activating group) is 1. The predicted octanol–water partition coefficient (Wildman–Crippen LogP) is -0.0415. The van der Waals surface area contributed by atoms with Crippen molar-refractivity contribution >= 4 is 0 Å². The Labute approximate surface area is 111 Å². The van der Waals surface area contributed by atoms with Crippen LogP contribution in [0.4, 0.5) is 0 Å². The van der Waals surface area contributed by atoms with E-state index in [1.165, 1.54) is 25.8 Å². The van der Waals surface area contributed by atoms with Crippen molar-refractivity contribution in [1.29, 1.82) is 0 Å². The van der Waals surface area contributed by atoms with Gasteiger partial charge in [-0.2, -0.15) is 0 Å². The van der Waals surface area contributed by atoms with Crippen LogP contribution in [0.5, 0.6) is 0 Å². The van der Waals surface area contributed by atoms with Crippen LogP contribution in [0.15, 0.2) is 0 Å². The van der Waals surface area contributed by atoms with E-state index < -0.39 is 6.23 Å². The number of aliphatic hydroxyl groups excluding tert-OH is 1. The normalized spacial score (nSPS) is 20.2. The molecule has 0 amide bonds. The number of β-amino-alcohol motifs (C(OH)–C–C–N with tert-alkyl or cyclic N) is 1. The van der Waals surface area contributed by atoms with Crippen LogP contribution in [0.1, 0.15) is 19.3 Å². The zero-order valence-electron chi connectivity index (χ0n) is 11.9. The highest BCUT2D eigenvalue weighted by molar-refractivity contribution is 4.73. The van der Waals surface area contributed by atoms with Crippen LogP contribution in [0.3, 0.4) is 0 Å². The fraction of sp³-hybridized carbons (Fsp3) is 1.00. The van der Waals surface area contributed by atoms with E-state index in [0.29, 0.717) is 0 Å². The average molecular weight is 259 g/mol. The molecule has 1 rings (SSSR count). The Bertz CT molecular complexity index is 197. The van der Waals surface area contributed by atoms with Crippen LogP contribution < -0.4 is 5.32 Å². The van der Waals surface area contributed by atoms with Crippen molar-refractivity contribution in [2.45, 2.75) is 25.5 Å². The molecule has 1 aliphatic rings. The second kappa shape index (κ2) is 9.69. The molecule has 0 aromatic rings. The third kappa shape index (κ3) is 6.66. The van der Waals surface area contributed by atoms with Gasteiger partial charge in [0.1, 0.15) is 6.23 Å². The Morgan fingerprint density at radius 1 is 1.11 bits per heavy atom. The van der Waals surface area contributed by atoms with E-state index in [9.17, 15) is 5.11 Å². The molecule has 18 heavy (non-hydrogen) atoms. The summed E-state index contributed by atoms with van der Waals surface area (Å²) >= 11 is 0. The summed E-state index contributed by atoms with van der Waals surface area (Å²) in [4.78, 5) is 4.84. The zero-order valence-corrected chi connectivity index (χ0v) is 11.9. The molecule has 1 unspecified atom stereocenters. The molecular formula is C13H29N3O2. The molecule has 0 aromatic heterocycles. The van der Waals surface area contributed by atoms with Crippen molar-refractivity contribution < 1.29 is 9.84 Å². The first-order chi connectivity index (χ1) is 8.76. The first-order valence-electron chi connectivity index (χ1n) is 7.05. The van der Waals surface area contributed by atoms with Crippen molar-refractivity contribution in [3.63, 3.8) is 0 Å². The molecule has 1 heterocycles. The summed E-state index contributed by atoms with van der Waals surface area (Å²) in [5.74, 6) is 0. The predicted molar refractivity (Wildman–Crippen MR) is 73.7 cm³/mol. The summed E-state index contributed by atoms with van der Waals surface area (Å²) < 4.78 is 5.05. The highest BCUT2D eigenvalue weighted by Gasteiger charge is 2.17. The van der Waals surface area contributed by atoms with Gasteiger partial charge in [-0.1, -0.05) is 0 Å². The van der Waals surface area contributed by atoms with Gasteiger partial charge in [-0.3, -0.25) is 10.2 Å². The highest BCUT2D eigenvalue weighted by Crippen LogP contribution is 2.05. The lowest BCUT2D eigenvalue weighted by Crippen LogP contribution is -2.50. The lowest BCUT2D eigenvalue weighted by molar-refractivity contribution is 0.0594. The number of hydrogen-bond acceptors (Lipinski definition) is 5. The van der Waals surface area contributed by atoms with E-state index in [-0.39, 0.29) is 0 Å². The molecule has 1 aliphatic heterocycles. The van der Waals surface area contributed by atoms with E-state index in [0.717, 1.165) is 39.3 Å². The molecule has 0 aromatic carbocycles. The number of nitrogens with zero attached hydrogens (tertiary/aromatic N) is 2. The number of unbranched alkanes of at least 4 members (excludes halogenated alkanes) is 2. The first kappa shape index (κ1) is 15.9. The summed E-state index contributed by atoms with van der Waals surface area (Å²) in [6.45, 7) is 7.20. The van der Waals surface area contributed by atoms with Gasteiger partial charge in [0.15, 0.2) is 0 Å². The van der Waals surface area contributed by atoms with Crippen molar-refractivity contribution in [2.75, 3.05) is 60.0 Å². The van der Waals surface area contributed by atoms with Crippen LogP contribution in [0.2, 0.25) is 0 Å². The molecule has 1 fully saturated rings. The molecule has 5 heteroatoms. The third-order valence-corrected chi connectivity index (χ3v) is 3.55. The quantitative estimate of drug-likeness (QED) is 0.449. The molecule has 1 saturated heterocycles. The third-order valence-electron chi connectivity index (χ3n) is 3.55. The number of nitrogens with one attached hydrogen (secondary N) is 1. The van der Waals surface area contributed by atoms with Gasteiger partial charge in [0.05, 0.1) is 0 Å². The van der Waals surface area contributed by atoms with Gasteiger partial charge in [0.2, 0.25) is 0 Å². The maximum atomic E-state index is 9.52. The van der Waals surface area contributed by atoms with Gasteiger partial charge in [0, 0.05) is 46.4 Å². The molecule has 0 aliphatic carbocycles. The molecule has 0 radical (unpaired) electrons. The van der Waals surface area contributed by atoms with Gasteiger partial charge >= 0.3 is 0 Å². The van der Waals surface area contributed by atoms with E-state index >= 15 is 0 Å². The molecule has 0 saturated carbocycles. The van der Waals surface area contributed by atoms with Crippen LogP contribution in [0.25, 0.3) is 0 Å².